The Bertz CT molecular complexity index is 345. The predicted octanol–water partition coefficient (Wildman–Crippen LogP) is 2.18. The van der Waals surface area contributed by atoms with Crippen molar-refractivity contribution in [2.24, 2.45) is 5.92 Å². The number of amides is 2. The summed E-state index contributed by atoms with van der Waals surface area (Å²) < 4.78 is 11.1. The van der Waals surface area contributed by atoms with Gasteiger partial charge in [-0.3, -0.25) is 0 Å². The lowest BCUT2D eigenvalue weighted by molar-refractivity contribution is 0.0371. The summed E-state index contributed by atoms with van der Waals surface area (Å²) in [6, 6.07) is 0.0275. The molecule has 0 saturated carbocycles. The third kappa shape index (κ3) is 5.32. The first-order valence-corrected chi connectivity index (χ1v) is 8.03. The lowest BCUT2D eigenvalue weighted by Crippen LogP contribution is -2.46. The number of piperidine rings is 1. The third-order valence-corrected chi connectivity index (χ3v) is 4.19. The molecule has 2 rings (SSSR count). The van der Waals surface area contributed by atoms with E-state index in [9.17, 15) is 4.79 Å². The van der Waals surface area contributed by atoms with Crippen molar-refractivity contribution in [1.29, 1.82) is 0 Å². The minimum absolute atomic E-state index is 0.0275. The maximum absolute atomic E-state index is 12.0. The Morgan fingerprint density at radius 1 is 1.38 bits per heavy atom. The van der Waals surface area contributed by atoms with Gasteiger partial charge in [0.2, 0.25) is 0 Å². The lowest BCUT2D eigenvalue weighted by Gasteiger charge is -2.34. The van der Waals surface area contributed by atoms with Gasteiger partial charge in [0.15, 0.2) is 0 Å². The number of rotatable bonds is 6. The van der Waals surface area contributed by atoms with Gasteiger partial charge in [-0.15, -0.1) is 0 Å². The molecule has 120 valence electrons. The highest BCUT2D eigenvalue weighted by atomic mass is 16.5. The molecule has 2 aliphatic heterocycles. The van der Waals surface area contributed by atoms with Crippen LogP contribution in [0.2, 0.25) is 0 Å². The fourth-order valence-corrected chi connectivity index (χ4v) is 3.04. The molecule has 2 heterocycles. The number of hydrogen-bond acceptors (Lipinski definition) is 3. The molecule has 2 fully saturated rings. The monoisotopic (exact) mass is 296 g/mol. The van der Waals surface area contributed by atoms with Crippen LogP contribution in [0.25, 0.3) is 0 Å². The molecule has 1 N–H and O–H groups in total. The Labute approximate surface area is 127 Å². The Hall–Kier alpha value is -1.07. The van der Waals surface area contributed by atoms with E-state index in [1.807, 2.05) is 11.8 Å². The molecule has 1 atom stereocenters. The first-order valence-electron chi connectivity index (χ1n) is 8.03. The van der Waals surface area contributed by atoms with Gasteiger partial charge in [0.1, 0.15) is 0 Å². The summed E-state index contributed by atoms with van der Waals surface area (Å²) in [5, 5.41) is 2.91. The van der Waals surface area contributed by atoms with Gasteiger partial charge >= 0.3 is 6.03 Å². The highest BCUT2D eigenvalue weighted by Crippen LogP contribution is 2.28. The normalized spacial score (nSPS) is 23.3. The quantitative estimate of drug-likeness (QED) is 0.604. The van der Waals surface area contributed by atoms with Gasteiger partial charge in [-0.25, -0.2) is 4.79 Å². The van der Waals surface area contributed by atoms with Crippen LogP contribution < -0.4 is 5.32 Å². The lowest BCUT2D eigenvalue weighted by atomic mass is 9.90. The van der Waals surface area contributed by atoms with Gasteiger partial charge in [-0.1, -0.05) is 12.2 Å². The van der Waals surface area contributed by atoms with Crippen molar-refractivity contribution >= 4 is 6.03 Å². The number of carbonyl (C=O) groups is 1. The van der Waals surface area contributed by atoms with Crippen molar-refractivity contribution in [3.63, 3.8) is 0 Å². The number of likely N-dealkylation sites (tertiary alicyclic amines) is 1. The van der Waals surface area contributed by atoms with Crippen LogP contribution >= 0.6 is 0 Å². The molecule has 2 aliphatic rings. The smallest absolute Gasteiger partial charge is 0.317 e. The average molecular weight is 296 g/mol. The van der Waals surface area contributed by atoms with Gasteiger partial charge < -0.3 is 19.7 Å². The number of nitrogens with zero attached hydrogens (tertiary/aromatic N) is 1. The van der Waals surface area contributed by atoms with E-state index in [0.717, 1.165) is 38.1 Å². The van der Waals surface area contributed by atoms with Crippen molar-refractivity contribution in [2.75, 3.05) is 39.5 Å². The second-order valence-corrected chi connectivity index (χ2v) is 6.12. The van der Waals surface area contributed by atoms with Crippen molar-refractivity contribution < 1.29 is 14.3 Å². The molecule has 21 heavy (non-hydrogen) atoms. The zero-order valence-electron chi connectivity index (χ0n) is 13.1. The second-order valence-electron chi connectivity index (χ2n) is 6.12. The first-order chi connectivity index (χ1) is 10.2. The van der Waals surface area contributed by atoms with Crippen LogP contribution in [0.5, 0.6) is 0 Å². The van der Waals surface area contributed by atoms with Gasteiger partial charge in [-0.2, -0.15) is 0 Å². The van der Waals surface area contributed by atoms with Gasteiger partial charge in [0.05, 0.1) is 19.3 Å². The fourth-order valence-electron chi connectivity index (χ4n) is 3.04. The van der Waals surface area contributed by atoms with E-state index in [1.54, 1.807) is 0 Å². The van der Waals surface area contributed by atoms with Gasteiger partial charge in [-0.05, 0) is 38.5 Å². The molecule has 0 aliphatic carbocycles. The molecule has 0 aromatic rings. The van der Waals surface area contributed by atoms with E-state index in [2.05, 4.69) is 11.9 Å². The second kappa shape index (κ2) is 8.39. The van der Waals surface area contributed by atoms with Crippen LogP contribution in [-0.2, 0) is 9.47 Å². The molecule has 0 aromatic carbocycles. The Morgan fingerprint density at radius 3 is 2.76 bits per heavy atom. The molecule has 0 aromatic heterocycles. The van der Waals surface area contributed by atoms with Crippen LogP contribution in [0.4, 0.5) is 4.79 Å². The molecule has 0 unspecified atom stereocenters. The fraction of sp³-hybridized carbons (Fsp3) is 0.812. The summed E-state index contributed by atoms with van der Waals surface area (Å²) in [5.74, 6) is 0.635. The highest BCUT2D eigenvalue weighted by molar-refractivity contribution is 5.74. The summed E-state index contributed by atoms with van der Waals surface area (Å²) in [5.41, 5.74) is 0.998. The van der Waals surface area contributed by atoms with E-state index in [1.165, 1.54) is 12.8 Å². The predicted molar refractivity (Wildman–Crippen MR) is 82.3 cm³/mol. The maximum atomic E-state index is 12.0. The molecule has 2 amide bonds. The van der Waals surface area contributed by atoms with Crippen LogP contribution in [0.3, 0.4) is 0 Å². The number of urea groups is 1. The summed E-state index contributed by atoms with van der Waals surface area (Å²) in [6.07, 6.45) is 4.94. The number of hydrogen-bond donors (Lipinski definition) is 1. The Morgan fingerprint density at radius 2 is 2.14 bits per heavy atom. The van der Waals surface area contributed by atoms with E-state index in [0.29, 0.717) is 31.8 Å². The van der Waals surface area contributed by atoms with Crippen molar-refractivity contribution in [3.05, 3.63) is 12.2 Å². The largest absolute Gasteiger partial charge is 0.378 e. The minimum Gasteiger partial charge on any atom is -0.378 e. The van der Waals surface area contributed by atoms with Gasteiger partial charge in [0, 0.05) is 26.2 Å². The number of carbonyl (C=O) groups excluding carboxylic acids is 1. The zero-order chi connectivity index (χ0) is 15.1. The van der Waals surface area contributed by atoms with Gasteiger partial charge in [0.25, 0.3) is 0 Å². The molecule has 5 nitrogen and oxygen atoms in total. The van der Waals surface area contributed by atoms with E-state index >= 15 is 0 Å². The average Bonchev–Trinajstić information content (AvgIpc) is 3.01. The van der Waals surface area contributed by atoms with Crippen LogP contribution in [-0.4, -0.2) is 56.5 Å². The van der Waals surface area contributed by atoms with E-state index in [4.69, 9.17) is 9.47 Å². The standard InChI is InChI=1S/C16H28N2O3/c1-13(2)12-20-11-7-17-16(19)18-8-5-14(6-9-18)15-4-3-10-21-15/h14-15H,1,3-12H2,2H3,(H,17,19)/t15-/m0/s1. The summed E-state index contributed by atoms with van der Waals surface area (Å²) in [7, 11) is 0. The van der Waals surface area contributed by atoms with Crippen LogP contribution in [0, 0.1) is 5.92 Å². The minimum atomic E-state index is 0.0275. The maximum Gasteiger partial charge on any atom is 0.317 e. The molecule has 0 spiro atoms. The van der Waals surface area contributed by atoms with E-state index < -0.39 is 0 Å². The Kier molecular flexibility index (Phi) is 6.51. The number of nitrogens with one attached hydrogen (secondary N) is 1. The molecular weight excluding hydrogens is 268 g/mol. The van der Waals surface area contributed by atoms with Crippen molar-refractivity contribution in [2.45, 2.75) is 38.7 Å². The summed E-state index contributed by atoms with van der Waals surface area (Å²) in [4.78, 5) is 13.9. The SMILES string of the molecule is C=C(C)COCCNC(=O)N1CCC([C@@H]2CCCO2)CC1. The molecule has 0 bridgehead atoms. The first kappa shape index (κ1) is 16.3. The third-order valence-electron chi connectivity index (χ3n) is 4.19. The zero-order valence-corrected chi connectivity index (χ0v) is 13.1. The molecule has 5 heteroatoms. The number of ether oxygens (including phenoxy) is 2. The van der Waals surface area contributed by atoms with Crippen LogP contribution in [0.15, 0.2) is 12.2 Å². The van der Waals surface area contributed by atoms with Crippen LogP contribution in [0.1, 0.15) is 32.6 Å². The summed E-state index contributed by atoms with van der Waals surface area (Å²) in [6.45, 7) is 9.93. The molecular formula is C16H28N2O3. The topological polar surface area (TPSA) is 50.8 Å². The Balaban J connectivity index is 1.58. The van der Waals surface area contributed by atoms with E-state index in [-0.39, 0.29) is 6.03 Å². The van der Waals surface area contributed by atoms with Crippen molar-refractivity contribution in [1.82, 2.24) is 10.2 Å². The highest BCUT2D eigenvalue weighted by Gasteiger charge is 2.30. The van der Waals surface area contributed by atoms with Crippen molar-refractivity contribution in [3.8, 4) is 0 Å². The molecule has 0 radical (unpaired) electrons. The summed E-state index contributed by atoms with van der Waals surface area (Å²) >= 11 is 0. The molecule has 2 saturated heterocycles.